The van der Waals surface area contributed by atoms with Crippen LogP contribution in [-0.4, -0.2) is 29.6 Å². The average molecular weight is 254 g/mol. The Hall–Kier alpha value is -0.0800. The molecule has 0 aromatic carbocycles. The van der Waals surface area contributed by atoms with Crippen LogP contribution in [0.3, 0.4) is 0 Å². The Kier molecular flexibility index (Phi) is 7.92. The van der Waals surface area contributed by atoms with Crippen LogP contribution in [0, 0.1) is 0 Å². The molecule has 0 aromatic heterocycles. The van der Waals surface area contributed by atoms with E-state index in [2.05, 4.69) is 25.7 Å². The van der Waals surface area contributed by atoms with E-state index in [0.29, 0.717) is 6.04 Å². The summed E-state index contributed by atoms with van der Waals surface area (Å²) in [6.07, 6.45) is 12.0. The molecule has 0 radical (unpaired) electrons. The second-order valence-electron chi connectivity index (χ2n) is 6.10. The van der Waals surface area contributed by atoms with Crippen LogP contribution in [0.1, 0.15) is 78.6 Å². The van der Waals surface area contributed by atoms with Gasteiger partial charge in [0.05, 0.1) is 0 Å². The van der Waals surface area contributed by atoms with Gasteiger partial charge in [0.1, 0.15) is 0 Å². The molecule has 1 aliphatic carbocycles. The smallest absolute Gasteiger partial charge is 0.00991 e. The predicted molar refractivity (Wildman–Crippen MR) is 80.8 cm³/mol. The van der Waals surface area contributed by atoms with Crippen LogP contribution >= 0.6 is 0 Å². The van der Waals surface area contributed by atoms with Crippen LogP contribution in [0.15, 0.2) is 0 Å². The predicted octanol–water partition coefficient (Wildman–Crippen LogP) is 3.94. The van der Waals surface area contributed by atoms with Crippen LogP contribution in [0.4, 0.5) is 0 Å². The molecule has 2 N–H and O–H groups in total. The number of unbranched alkanes of at least 4 members (excludes halogenated alkanes) is 3. The van der Waals surface area contributed by atoms with Crippen LogP contribution in [-0.2, 0) is 0 Å². The summed E-state index contributed by atoms with van der Waals surface area (Å²) < 4.78 is 0. The summed E-state index contributed by atoms with van der Waals surface area (Å²) >= 11 is 0. The van der Waals surface area contributed by atoms with Gasteiger partial charge in [-0.2, -0.15) is 0 Å². The summed E-state index contributed by atoms with van der Waals surface area (Å²) in [6, 6.07) is 2.03. The maximum Gasteiger partial charge on any atom is 0.00991 e. The quantitative estimate of drug-likeness (QED) is 0.665. The molecule has 0 bridgehead atoms. The highest BCUT2D eigenvalue weighted by molar-refractivity contribution is 4.83. The van der Waals surface area contributed by atoms with Crippen molar-refractivity contribution < 1.29 is 0 Å². The van der Waals surface area contributed by atoms with Crippen LogP contribution in [0.5, 0.6) is 0 Å². The fourth-order valence-corrected chi connectivity index (χ4v) is 3.40. The average Bonchev–Trinajstić information content (AvgIpc) is 2.38. The Balaban J connectivity index is 2.30. The molecular formula is C16H34N2. The molecule has 108 valence electrons. The first-order valence-corrected chi connectivity index (χ1v) is 8.20. The van der Waals surface area contributed by atoms with Crippen LogP contribution in [0.25, 0.3) is 0 Å². The van der Waals surface area contributed by atoms with Crippen molar-refractivity contribution in [1.29, 1.82) is 0 Å². The molecule has 1 fully saturated rings. The van der Waals surface area contributed by atoms with E-state index >= 15 is 0 Å². The van der Waals surface area contributed by atoms with Crippen LogP contribution < -0.4 is 5.73 Å². The fourth-order valence-electron chi connectivity index (χ4n) is 3.40. The van der Waals surface area contributed by atoms with Gasteiger partial charge in [-0.3, -0.25) is 4.90 Å². The number of rotatable bonds is 8. The molecule has 0 amide bonds. The van der Waals surface area contributed by atoms with Crippen molar-refractivity contribution in [2.24, 2.45) is 5.73 Å². The number of hydrogen-bond acceptors (Lipinski definition) is 2. The lowest BCUT2D eigenvalue weighted by atomic mass is 9.89. The minimum Gasteiger partial charge on any atom is -0.328 e. The Morgan fingerprint density at radius 1 is 1.06 bits per heavy atom. The van der Waals surface area contributed by atoms with Gasteiger partial charge < -0.3 is 5.73 Å². The third-order valence-corrected chi connectivity index (χ3v) is 4.62. The third-order valence-electron chi connectivity index (χ3n) is 4.62. The monoisotopic (exact) mass is 254 g/mol. The first-order chi connectivity index (χ1) is 8.69. The summed E-state index contributed by atoms with van der Waals surface area (Å²) in [5.41, 5.74) is 6.01. The second kappa shape index (κ2) is 8.92. The molecule has 2 heteroatoms. The lowest BCUT2D eigenvalue weighted by Crippen LogP contribution is -2.45. The molecule has 0 saturated heterocycles. The largest absolute Gasteiger partial charge is 0.328 e. The zero-order chi connectivity index (χ0) is 13.4. The van der Waals surface area contributed by atoms with Gasteiger partial charge in [-0.05, 0) is 45.6 Å². The highest BCUT2D eigenvalue weighted by Crippen LogP contribution is 2.25. The second-order valence-corrected chi connectivity index (χ2v) is 6.10. The molecule has 0 heterocycles. The molecule has 1 aliphatic rings. The summed E-state index contributed by atoms with van der Waals surface area (Å²) in [5, 5.41) is 0. The van der Waals surface area contributed by atoms with Crippen molar-refractivity contribution in [3.8, 4) is 0 Å². The lowest BCUT2D eigenvalue weighted by Gasteiger charge is -2.39. The van der Waals surface area contributed by atoms with Gasteiger partial charge in [-0.15, -0.1) is 0 Å². The molecule has 0 aromatic rings. The standard InChI is InChI=1S/C16H34N2/c1-4-6-7-8-9-14(3)18(5-2)16-12-10-15(17)11-13-16/h14-16H,4-13,17H2,1-3H3. The summed E-state index contributed by atoms with van der Waals surface area (Å²) in [4.78, 5) is 2.73. The molecule has 0 spiro atoms. The van der Waals surface area contributed by atoms with Crippen molar-refractivity contribution in [2.45, 2.75) is 96.7 Å². The molecule has 18 heavy (non-hydrogen) atoms. The van der Waals surface area contributed by atoms with E-state index in [9.17, 15) is 0 Å². The van der Waals surface area contributed by atoms with Gasteiger partial charge in [-0.1, -0.05) is 39.5 Å². The fraction of sp³-hybridized carbons (Fsp3) is 1.00. The number of nitrogens with two attached hydrogens (primary N) is 1. The Morgan fingerprint density at radius 2 is 1.72 bits per heavy atom. The molecule has 1 atom stereocenters. The van der Waals surface area contributed by atoms with E-state index in [1.807, 2.05) is 0 Å². The van der Waals surface area contributed by atoms with E-state index in [-0.39, 0.29) is 0 Å². The zero-order valence-corrected chi connectivity index (χ0v) is 12.8. The van der Waals surface area contributed by atoms with Crippen molar-refractivity contribution in [2.75, 3.05) is 6.54 Å². The zero-order valence-electron chi connectivity index (χ0n) is 12.8. The van der Waals surface area contributed by atoms with Gasteiger partial charge in [-0.25, -0.2) is 0 Å². The van der Waals surface area contributed by atoms with Gasteiger partial charge in [0.25, 0.3) is 0 Å². The SMILES string of the molecule is CCCCCCC(C)N(CC)C1CCC(N)CC1. The maximum atomic E-state index is 6.01. The number of hydrogen-bond donors (Lipinski definition) is 1. The first kappa shape index (κ1) is 16.0. The van der Waals surface area contributed by atoms with Gasteiger partial charge in [0.2, 0.25) is 0 Å². The van der Waals surface area contributed by atoms with E-state index < -0.39 is 0 Å². The van der Waals surface area contributed by atoms with Crippen molar-refractivity contribution in [3.05, 3.63) is 0 Å². The van der Waals surface area contributed by atoms with Crippen LogP contribution in [0.2, 0.25) is 0 Å². The third kappa shape index (κ3) is 5.27. The van der Waals surface area contributed by atoms with E-state index in [1.165, 1.54) is 64.3 Å². The summed E-state index contributed by atoms with van der Waals surface area (Å²) in [6.45, 7) is 8.23. The van der Waals surface area contributed by atoms with Gasteiger partial charge in [0, 0.05) is 18.1 Å². The molecule has 1 saturated carbocycles. The Bertz CT molecular complexity index is 197. The van der Waals surface area contributed by atoms with Crippen molar-refractivity contribution in [1.82, 2.24) is 4.90 Å². The lowest BCUT2D eigenvalue weighted by molar-refractivity contribution is 0.108. The Labute approximate surface area is 114 Å². The first-order valence-electron chi connectivity index (χ1n) is 8.20. The summed E-state index contributed by atoms with van der Waals surface area (Å²) in [7, 11) is 0. The van der Waals surface area contributed by atoms with E-state index in [0.717, 1.165) is 12.1 Å². The normalized spacial score (nSPS) is 26.5. The van der Waals surface area contributed by atoms with Crippen molar-refractivity contribution >= 4 is 0 Å². The topological polar surface area (TPSA) is 29.3 Å². The summed E-state index contributed by atoms with van der Waals surface area (Å²) in [5.74, 6) is 0. The molecular weight excluding hydrogens is 220 g/mol. The maximum absolute atomic E-state index is 6.01. The number of nitrogens with zero attached hydrogens (tertiary/aromatic N) is 1. The van der Waals surface area contributed by atoms with Crippen molar-refractivity contribution in [3.63, 3.8) is 0 Å². The highest BCUT2D eigenvalue weighted by Gasteiger charge is 2.25. The van der Waals surface area contributed by atoms with Gasteiger partial charge in [0.15, 0.2) is 0 Å². The van der Waals surface area contributed by atoms with E-state index in [4.69, 9.17) is 5.73 Å². The highest BCUT2D eigenvalue weighted by atomic mass is 15.2. The molecule has 1 unspecified atom stereocenters. The molecule has 2 nitrogen and oxygen atoms in total. The Morgan fingerprint density at radius 3 is 2.28 bits per heavy atom. The molecule has 0 aliphatic heterocycles. The minimum atomic E-state index is 0.472. The van der Waals surface area contributed by atoms with Gasteiger partial charge >= 0.3 is 0 Å². The van der Waals surface area contributed by atoms with E-state index in [1.54, 1.807) is 0 Å². The molecule has 1 rings (SSSR count). The minimum absolute atomic E-state index is 0.472.